The van der Waals surface area contributed by atoms with Crippen LogP contribution in [0.4, 0.5) is 0 Å². The Labute approximate surface area is 119 Å². The number of aromatic nitrogens is 2. The zero-order valence-electron chi connectivity index (χ0n) is 10.8. The number of ketones is 3. The lowest BCUT2D eigenvalue weighted by molar-refractivity contribution is -0.134. The van der Waals surface area contributed by atoms with Crippen molar-refractivity contribution in [1.82, 2.24) is 9.59 Å². The lowest BCUT2D eigenvalue weighted by Gasteiger charge is -2.22. The fourth-order valence-electron chi connectivity index (χ4n) is 2.62. The lowest BCUT2D eigenvalue weighted by Crippen LogP contribution is -2.38. The third kappa shape index (κ3) is 2.06. The van der Waals surface area contributed by atoms with E-state index in [0.717, 1.165) is 11.5 Å². The van der Waals surface area contributed by atoms with E-state index in [4.69, 9.17) is 0 Å². The lowest BCUT2D eigenvalue weighted by atomic mass is 9.77. The third-order valence-corrected chi connectivity index (χ3v) is 4.32. The number of hydrogen-bond donors (Lipinski definition) is 0. The molecule has 1 saturated carbocycles. The van der Waals surface area contributed by atoms with E-state index in [1.165, 1.54) is 0 Å². The average Bonchev–Trinajstić information content (AvgIpc) is 2.85. The van der Waals surface area contributed by atoms with Gasteiger partial charge in [0.05, 0.1) is 4.70 Å². The first-order chi connectivity index (χ1) is 9.58. The monoisotopic (exact) mass is 288 g/mol. The van der Waals surface area contributed by atoms with Crippen LogP contribution in [0.2, 0.25) is 0 Å². The van der Waals surface area contributed by atoms with Crippen LogP contribution in [-0.4, -0.2) is 26.9 Å². The van der Waals surface area contributed by atoms with Gasteiger partial charge in [0.15, 0.2) is 17.3 Å². The van der Waals surface area contributed by atoms with Crippen LogP contribution >= 0.6 is 11.5 Å². The van der Waals surface area contributed by atoms with Crippen LogP contribution in [0.5, 0.6) is 0 Å². The maximum absolute atomic E-state index is 12.5. The van der Waals surface area contributed by atoms with Crippen molar-refractivity contribution in [2.75, 3.05) is 0 Å². The van der Waals surface area contributed by atoms with Gasteiger partial charge in [-0.1, -0.05) is 17.5 Å². The molecule has 1 aromatic carbocycles. The summed E-state index contributed by atoms with van der Waals surface area (Å²) in [6.45, 7) is 1.85. The molecule has 1 aliphatic rings. The molecule has 0 atom stereocenters. The number of hydrogen-bond acceptors (Lipinski definition) is 6. The van der Waals surface area contributed by atoms with E-state index in [0.29, 0.717) is 28.6 Å². The number of carbonyl (C=O) groups is 3. The Balaban J connectivity index is 2.02. The van der Waals surface area contributed by atoms with Crippen molar-refractivity contribution in [3.05, 3.63) is 23.8 Å². The maximum Gasteiger partial charge on any atom is 0.182 e. The molecule has 3 rings (SSSR count). The van der Waals surface area contributed by atoms with Crippen LogP contribution in [0.25, 0.3) is 10.2 Å². The topological polar surface area (TPSA) is 77.0 Å². The van der Waals surface area contributed by atoms with Gasteiger partial charge in [-0.15, -0.1) is 5.10 Å². The molecule has 1 heterocycles. The molecular weight excluding hydrogens is 276 g/mol. The molecule has 1 aliphatic carbocycles. The molecule has 102 valence electrons. The van der Waals surface area contributed by atoms with Gasteiger partial charge >= 0.3 is 0 Å². The summed E-state index contributed by atoms with van der Waals surface area (Å²) in [7, 11) is 0. The quantitative estimate of drug-likeness (QED) is 0.624. The second kappa shape index (κ2) is 4.86. The standard InChI is InChI=1S/C14H12N2O3S/c1-7-5-10(17)12(11(18)6-7)13(19)8-3-2-4-9-14(8)20-16-15-9/h2-4,7,12H,5-6H2,1H3. The molecule has 0 aliphatic heterocycles. The highest BCUT2D eigenvalue weighted by molar-refractivity contribution is 7.13. The summed E-state index contributed by atoms with van der Waals surface area (Å²) in [6.07, 6.45) is 0.581. The summed E-state index contributed by atoms with van der Waals surface area (Å²) >= 11 is 1.10. The van der Waals surface area contributed by atoms with E-state index in [2.05, 4.69) is 9.59 Å². The van der Waals surface area contributed by atoms with Crippen LogP contribution in [0, 0.1) is 11.8 Å². The zero-order valence-corrected chi connectivity index (χ0v) is 11.6. The van der Waals surface area contributed by atoms with Gasteiger partial charge in [0.25, 0.3) is 0 Å². The highest BCUT2D eigenvalue weighted by Gasteiger charge is 2.39. The minimum absolute atomic E-state index is 0.0277. The van der Waals surface area contributed by atoms with Gasteiger partial charge in [-0.3, -0.25) is 14.4 Å². The van der Waals surface area contributed by atoms with E-state index >= 15 is 0 Å². The van der Waals surface area contributed by atoms with Crippen molar-refractivity contribution >= 4 is 39.1 Å². The zero-order chi connectivity index (χ0) is 14.3. The van der Waals surface area contributed by atoms with Crippen molar-refractivity contribution in [3.8, 4) is 0 Å². The molecule has 6 heteroatoms. The molecule has 2 aromatic rings. The fourth-order valence-corrected chi connectivity index (χ4v) is 3.30. The highest BCUT2D eigenvalue weighted by atomic mass is 32.1. The Morgan fingerprint density at radius 1 is 1.25 bits per heavy atom. The van der Waals surface area contributed by atoms with Crippen molar-refractivity contribution in [2.45, 2.75) is 19.8 Å². The number of benzene rings is 1. The first-order valence-electron chi connectivity index (χ1n) is 6.38. The third-order valence-electron chi connectivity index (χ3n) is 3.55. The van der Waals surface area contributed by atoms with Gasteiger partial charge in [0, 0.05) is 18.4 Å². The normalized spacial score (nSPS) is 23.2. The van der Waals surface area contributed by atoms with Crippen LogP contribution in [0.15, 0.2) is 18.2 Å². The number of rotatable bonds is 2. The maximum atomic E-state index is 12.5. The van der Waals surface area contributed by atoms with E-state index in [9.17, 15) is 14.4 Å². The van der Waals surface area contributed by atoms with Crippen LogP contribution < -0.4 is 0 Å². The number of carbonyl (C=O) groups excluding carboxylic acids is 3. The number of fused-ring (bicyclic) bond motifs is 1. The van der Waals surface area contributed by atoms with Crippen molar-refractivity contribution in [3.63, 3.8) is 0 Å². The second-order valence-electron chi connectivity index (χ2n) is 5.17. The minimum atomic E-state index is -1.14. The molecule has 0 bridgehead atoms. The second-order valence-corrected chi connectivity index (χ2v) is 5.92. The summed E-state index contributed by atoms with van der Waals surface area (Å²) < 4.78 is 4.45. The minimum Gasteiger partial charge on any atom is -0.298 e. The predicted molar refractivity (Wildman–Crippen MR) is 73.6 cm³/mol. The Morgan fingerprint density at radius 3 is 2.65 bits per heavy atom. The molecule has 0 amide bonds. The molecule has 1 aromatic heterocycles. The summed E-state index contributed by atoms with van der Waals surface area (Å²) in [5.41, 5.74) is 0.990. The molecular formula is C14H12N2O3S. The van der Waals surface area contributed by atoms with Crippen molar-refractivity contribution in [1.29, 1.82) is 0 Å². The van der Waals surface area contributed by atoms with Crippen molar-refractivity contribution in [2.24, 2.45) is 11.8 Å². The van der Waals surface area contributed by atoms with E-state index in [1.54, 1.807) is 18.2 Å². The van der Waals surface area contributed by atoms with Crippen LogP contribution in [-0.2, 0) is 9.59 Å². The molecule has 20 heavy (non-hydrogen) atoms. The fraction of sp³-hybridized carbons (Fsp3) is 0.357. The van der Waals surface area contributed by atoms with Crippen molar-refractivity contribution < 1.29 is 14.4 Å². The Bertz CT molecular complexity index is 704. The number of Topliss-reactive ketones (excluding diaryl/α,β-unsaturated/α-hetero) is 3. The number of nitrogens with zero attached hydrogens (tertiary/aromatic N) is 2. The van der Waals surface area contributed by atoms with Gasteiger partial charge in [0.2, 0.25) is 0 Å². The summed E-state index contributed by atoms with van der Waals surface area (Å²) in [5, 5.41) is 3.90. The smallest absolute Gasteiger partial charge is 0.182 e. The van der Waals surface area contributed by atoms with Crippen LogP contribution in [0.1, 0.15) is 30.1 Å². The SMILES string of the molecule is CC1CC(=O)C(C(=O)c2cccc3nnsc23)C(=O)C1. The van der Waals surface area contributed by atoms with Gasteiger partial charge in [-0.2, -0.15) is 0 Å². The Kier molecular flexibility index (Phi) is 3.17. The van der Waals surface area contributed by atoms with E-state index in [1.807, 2.05) is 6.92 Å². The van der Waals surface area contributed by atoms with Gasteiger partial charge < -0.3 is 0 Å². The Morgan fingerprint density at radius 2 is 1.95 bits per heavy atom. The Hall–Kier alpha value is -1.95. The molecule has 0 saturated heterocycles. The van der Waals surface area contributed by atoms with Gasteiger partial charge in [-0.25, -0.2) is 0 Å². The van der Waals surface area contributed by atoms with Gasteiger partial charge in [0.1, 0.15) is 11.4 Å². The van der Waals surface area contributed by atoms with E-state index in [-0.39, 0.29) is 17.5 Å². The summed E-state index contributed by atoms with van der Waals surface area (Å²) in [5.74, 6) is -2.07. The molecule has 5 nitrogen and oxygen atoms in total. The van der Waals surface area contributed by atoms with Gasteiger partial charge in [-0.05, 0) is 29.6 Å². The molecule has 0 unspecified atom stereocenters. The predicted octanol–water partition coefficient (Wildman–Crippen LogP) is 2.06. The molecule has 0 radical (unpaired) electrons. The molecule has 0 spiro atoms. The van der Waals surface area contributed by atoms with Crippen LogP contribution in [0.3, 0.4) is 0 Å². The molecule has 0 N–H and O–H groups in total. The first kappa shape index (κ1) is 13.1. The highest BCUT2D eigenvalue weighted by Crippen LogP contribution is 2.29. The summed E-state index contributed by atoms with van der Waals surface area (Å²) in [4.78, 5) is 36.6. The average molecular weight is 288 g/mol. The molecule has 1 fully saturated rings. The summed E-state index contributed by atoms with van der Waals surface area (Å²) in [6, 6.07) is 5.07. The van der Waals surface area contributed by atoms with E-state index < -0.39 is 11.7 Å². The largest absolute Gasteiger partial charge is 0.298 e. The first-order valence-corrected chi connectivity index (χ1v) is 7.16.